The number of carbonyl (C=O) groups is 1. The van der Waals surface area contributed by atoms with Crippen molar-refractivity contribution >= 4 is 16.9 Å². The summed E-state index contributed by atoms with van der Waals surface area (Å²) in [5, 5.41) is 0.578. The summed E-state index contributed by atoms with van der Waals surface area (Å²) in [6, 6.07) is 9.75. The predicted molar refractivity (Wildman–Crippen MR) is 166 cm³/mol. The van der Waals surface area contributed by atoms with Gasteiger partial charge in [-0.05, 0) is 111 Å². The van der Waals surface area contributed by atoms with Crippen molar-refractivity contribution in [1.29, 1.82) is 0 Å². The Morgan fingerprint density at radius 1 is 0.974 bits per heavy atom. The molecule has 216 valence electrons. The number of fused-ring (bicyclic) bond motifs is 5. The highest BCUT2D eigenvalue weighted by molar-refractivity contribution is 8.14. The molecule has 0 N–H and O–H groups in total. The predicted octanol–water partition coefficient (Wildman–Crippen LogP) is 10.4. The Balaban J connectivity index is 1.16. The van der Waals surface area contributed by atoms with Crippen molar-refractivity contribution in [2.45, 2.75) is 135 Å². The molecule has 0 spiro atoms. The summed E-state index contributed by atoms with van der Waals surface area (Å²) in [4.78, 5) is 13.0. The molecule has 0 aliphatic heterocycles. The largest absolute Gasteiger partial charge is 0.482 e. The molecule has 1 aromatic carbocycles. The van der Waals surface area contributed by atoms with Crippen LogP contribution in [0.5, 0.6) is 5.75 Å². The zero-order chi connectivity index (χ0) is 27.5. The van der Waals surface area contributed by atoms with Crippen molar-refractivity contribution in [2.75, 3.05) is 0 Å². The molecule has 4 aliphatic rings. The van der Waals surface area contributed by atoms with Gasteiger partial charge in [0.1, 0.15) is 5.75 Å². The van der Waals surface area contributed by atoms with Crippen LogP contribution in [-0.2, 0) is 4.79 Å². The standard InChI is InChI=1S/C36H54O2S/c1-5-6-7-8-9-11-14-27-18-20-32-31-19-17-28-25-30(21-23-36(28,4)33(31)22-24-35(27,32)3)39-34(37)26(2)38-29-15-12-10-13-16-29/h10,12-13,15-17,26-27,30-33H,5-9,11,14,18-25H2,1-4H3. The Morgan fingerprint density at radius 3 is 2.54 bits per heavy atom. The zero-order valence-electron chi connectivity index (χ0n) is 25.3. The van der Waals surface area contributed by atoms with Gasteiger partial charge in [0.05, 0.1) is 0 Å². The van der Waals surface area contributed by atoms with Crippen molar-refractivity contribution in [3.8, 4) is 5.75 Å². The van der Waals surface area contributed by atoms with Gasteiger partial charge in [0.15, 0.2) is 6.10 Å². The van der Waals surface area contributed by atoms with E-state index in [2.05, 4.69) is 26.8 Å². The minimum atomic E-state index is -0.405. The van der Waals surface area contributed by atoms with E-state index in [4.69, 9.17) is 4.74 Å². The van der Waals surface area contributed by atoms with Crippen LogP contribution in [-0.4, -0.2) is 16.5 Å². The summed E-state index contributed by atoms with van der Waals surface area (Å²) in [6.07, 6.45) is 22.9. The van der Waals surface area contributed by atoms with Crippen LogP contribution in [0.4, 0.5) is 0 Å². The Hall–Kier alpha value is -1.22. The quantitative estimate of drug-likeness (QED) is 0.202. The molecule has 0 saturated heterocycles. The highest BCUT2D eigenvalue weighted by Gasteiger charge is 2.58. The smallest absolute Gasteiger partial charge is 0.229 e. The number of unbranched alkanes of at least 4 members (excludes halogenated alkanes) is 5. The lowest BCUT2D eigenvalue weighted by Gasteiger charge is -2.58. The Morgan fingerprint density at radius 2 is 1.74 bits per heavy atom. The molecule has 0 heterocycles. The second-order valence-corrected chi connectivity index (χ2v) is 15.3. The number of para-hydroxylation sites is 1. The van der Waals surface area contributed by atoms with E-state index in [-0.39, 0.29) is 5.12 Å². The second-order valence-electron chi connectivity index (χ2n) is 14.0. The van der Waals surface area contributed by atoms with Gasteiger partial charge in [-0.1, -0.05) is 101 Å². The van der Waals surface area contributed by atoms with E-state index in [9.17, 15) is 4.79 Å². The lowest BCUT2D eigenvalue weighted by Crippen LogP contribution is -2.50. The molecule has 3 saturated carbocycles. The summed E-state index contributed by atoms with van der Waals surface area (Å²) in [7, 11) is 0. The summed E-state index contributed by atoms with van der Waals surface area (Å²) in [5.74, 6) is 4.41. The fourth-order valence-electron chi connectivity index (χ4n) is 9.49. The highest BCUT2D eigenvalue weighted by atomic mass is 32.2. The first kappa shape index (κ1) is 29.3. The summed E-state index contributed by atoms with van der Waals surface area (Å²) in [5.41, 5.74) is 2.62. The molecule has 3 heteroatoms. The minimum Gasteiger partial charge on any atom is -0.482 e. The zero-order valence-corrected chi connectivity index (χ0v) is 26.1. The number of hydrogen-bond acceptors (Lipinski definition) is 3. The number of carbonyl (C=O) groups excluding carboxylic acids is 1. The fraction of sp³-hybridized carbons (Fsp3) is 0.750. The van der Waals surface area contributed by atoms with Crippen LogP contribution in [0.3, 0.4) is 0 Å². The Kier molecular flexibility index (Phi) is 9.57. The number of hydrogen-bond donors (Lipinski definition) is 0. The van der Waals surface area contributed by atoms with Crippen molar-refractivity contribution in [3.63, 3.8) is 0 Å². The van der Waals surface area contributed by atoms with Gasteiger partial charge in [0.25, 0.3) is 0 Å². The number of allylic oxidation sites excluding steroid dienone is 2. The van der Waals surface area contributed by atoms with Crippen LogP contribution in [0.1, 0.15) is 124 Å². The van der Waals surface area contributed by atoms with Gasteiger partial charge < -0.3 is 4.74 Å². The van der Waals surface area contributed by atoms with Crippen LogP contribution in [0.15, 0.2) is 42.0 Å². The molecule has 0 bridgehead atoms. The maximum absolute atomic E-state index is 13.0. The third-order valence-corrected chi connectivity index (χ3v) is 13.1. The van der Waals surface area contributed by atoms with E-state index < -0.39 is 6.10 Å². The monoisotopic (exact) mass is 550 g/mol. The van der Waals surface area contributed by atoms with Crippen LogP contribution >= 0.6 is 11.8 Å². The van der Waals surface area contributed by atoms with E-state index >= 15 is 0 Å². The topological polar surface area (TPSA) is 26.3 Å². The fourth-order valence-corrected chi connectivity index (χ4v) is 10.6. The van der Waals surface area contributed by atoms with Gasteiger partial charge in [-0.3, -0.25) is 4.79 Å². The lowest BCUT2D eigenvalue weighted by molar-refractivity contribution is -0.116. The first-order valence-electron chi connectivity index (χ1n) is 16.5. The first-order chi connectivity index (χ1) is 18.8. The van der Waals surface area contributed by atoms with E-state index in [0.717, 1.165) is 42.3 Å². The molecular weight excluding hydrogens is 496 g/mol. The van der Waals surface area contributed by atoms with Gasteiger partial charge in [-0.15, -0.1) is 0 Å². The average molecular weight is 551 g/mol. The summed E-state index contributed by atoms with van der Waals surface area (Å²) < 4.78 is 5.93. The third-order valence-electron chi connectivity index (χ3n) is 11.8. The van der Waals surface area contributed by atoms with E-state index in [1.807, 2.05) is 37.3 Å². The van der Waals surface area contributed by atoms with Gasteiger partial charge >= 0.3 is 0 Å². The van der Waals surface area contributed by atoms with Crippen molar-refractivity contribution in [1.82, 2.24) is 0 Å². The normalized spacial score (nSPS) is 36.3. The van der Waals surface area contributed by atoms with E-state index in [1.54, 1.807) is 17.3 Å². The van der Waals surface area contributed by atoms with Gasteiger partial charge in [-0.25, -0.2) is 0 Å². The molecule has 2 nitrogen and oxygen atoms in total. The second kappa shape index (κ2) is 12.7. The molecule has 1 aromatic rings. The van der Waals surface area contributed by atoms with Crippen molar-refractivity contribution in [2.24, 2.45) is 34.5 Å². The van der Waals surface area contributed by atoms with Gasteiger partial charge in [0, 0.05) is 5.25 Å². The molecule has 5 rings (SSSR count). The van der Waals surface area contributed by atoms with Crippen LogP contribution in [0.25, 0.3) is 0 Å². The Labute approximate surface area is 243 Å². The molecule has 3 fully saturated rings. The number of rotatable bonds is 11. The minimum absolute atomic E-state index is 0.178. The highest BCUT2D eigenvalue weighted by Crippen LogP contribution is 2.67. The van der Waals surface area contributed by atoms with Crippen LogP contribution in [0, 0.1) is 34.5 Å². The molecular formula is C36H54O2S. The third kappa shape index (κ3) is 6.19. The maximum atomic E-state index is 13.0. The van der Waals surface area contributed by atoms with Gasteiger partial charge in [0.2, 0.25) is 5.12 Å². The average Bonchev–Trinajstić information content (AvgIpc) is 3.27. The summed E-state index contributed by atoms with van der Waals surface area (Å²) in [6.45, 7) is 9.52. The van der Waals surface area contributed by atoms with Crippen LogP contribution < -0.4 is 4.74 Å². The van der Waals surface area contributed by atoms with Gasteiger partial charge in [-0.2, -0.15) is 0 Å². The van der Waals surface area contributed by atoms with Crippen molar-refractivity contribution in [3.05, 3.63) is 42.0 Å². The molecule has 0 radical (unpaired) electrons. The first-order valence-corrected chi connectivity index (χ1v) is 17.3. The molecule has 4 aliphatic carbocycles. The maximum Gasteiger partial charge on any atom is 0.229 e. The molecule has 8 atom stereocenters. The Bertz CT molecular complexity index is 987. The summed E-state index contributed by atoms with van der Waals surface area (Å²) >= 11 is 1.56. The van der Waals surface area contributed by atoms with Crippen LogP contribution in [0.2, 0.25) is 0 Å². The number of thioether (sulfide) groups is 1. The SMILES string of the molecule is CCCCCCCCC1CCC2C3CC=C4CC(SC(=O)C(C)Oc5ccccc5)CCC4(C)C3CCC12C. The number of benzene rings is 1. The van der Waals surface area contributed by atoms with E-state index in [1.165, 1.54) is 83.5 Å². The van der Waals surface area contributed by atoms with E-state index in [0.29, 0.717) is 16.1 Å². The lowest BCUT2D eigenvalue weighted by atomic mass is 9.47. The molecule has 0 amide bonds. The number of ether oxygens (including phenoxy) is 1. The van der Waals surface area contributed by atoms with Crippen molar-refractivity contribution < 1.29 is 9.53 Å². The molecule has 39 heavy (non-hydrogen) atoms. The molecule has 8 unspecified atom stereocenters. The molecule has 0 aromatic heterocycles.